The molecular weight excluding hydrogens is 416 g/mol. The second-order valence-electron chi connectivity index (χ2n) is 8.23. The summed E-state index contributed by atoms with van der Waals surface area (Å²) in [5.74, 6) is 0.229. The first kappa shape index (κ1) is 24.1. The smallest absolute Gasteiger partial charge is 0.252 e. The van der Waals surface area contributed by atoms with Crippen LogP contribution in [0.4, 0.5) is 0 Å². The van der Waals surface area contributed by atoms with E-state index in [9.17, 15) is 9.90 Å². The zero-order chi connectivity index (χ0) is 24.1. The summed E-state index contributed by atoms with van der Waals surface area (Å²) in [6, 6.07) is 12.8. The average Bonchev–Trinajstić information content (AvgIpc) is 2.77. The lowest BCUT2D eigenvalue weighted by molar-refractivity contribution is 0.0997. The molecule has 174 valence electrons. The predicted octanol–water partition coefficient (Wildman–Crippen LogP) is 5.35. The Morgan fingerprint density at radius 3 is 2.30 bits per heavy atom. The molecule has 0 atom stereocenters. The van der Waals surface area contributed by atoms with Gasteiger partial charge in [-0.25, -0.2) is 0 Å². The number of carbonyl (C=O) groups is 1. The molecule has 6 nitrogen and oxygen atoms in total. The maximum atomic E-state index is 11.3. The second-order valence-corrected chi connectivity index (χ2v) is 8.23. The third kappa shape index (κ3) is 5.45. The minimum absolute atomic E-state index is 0.0237. The molecule has 0 aliphatic rings. The van der Waals surface area contributed by atoms with E-state index in [1.807, 2.05) is 26.8 Å². The van der Waals surface area contributed by atoms with Crippen LogP contribution in [0.15, 0.2) is 42.5 Å². The van der Waals surface area contributed by atoms with E-state index in [1.165, 1.54) is 28.8 Å². The molecule has 3 N–H and O–H groups in total. The van der Waals surface area contributed by atoms with Gasteiger partial charge in [-0.2, -0.15) is 0 Å². The third-order valence-corrected chi connectivity index (χ3v) is 5.53. The highest BCUT2D eigenvalue weighted by Gasteiger charge is 2.18. The van der Waals surface area contributed by atoms with Crippen LogP contribution in [-0.4, -0.2) is 22.1 Å². The maximum absolute atomic E-state index is 11.3. The van der Waals surface area contributed by atoms with Crippen LogP contribution in [0.5, 0.6) is 17.2 Å². The molecule has 0 bridgehead atoms. The maximum Gasteiger partial charge on any atom is 0.252 e. The largest absolute Gasteiger partial charge is 0.507 e. The van der Waals surface area contributed by atoms with Gasteiger partial charge in [-0.1, -0.05) is 32.0 Å². The van der Waals surface area contributed by atoms with Gasteiger partial charge in [-0.3, -0.25) is 9.78 Å². The Bertz CT molecular complexity index is 1130. The van der Waals surface area contributed by atoms with Crippen molar-refractivity contribution in [3.05, 3.63) is 70.4 Å². The topological polar surface area (TPSA) is 94.7 Å². The van der Waals surface area contributed by atoms with E-state index in [2.05, 4.69) is 32.0 Å². The molecule has 0 spiro atoms. The number of amides is 1. The van der Waals surface area contributed by atoms with Crippen LogP contribution >= 0.6 is 0 Å². The summed E-state index contributed by atoms with van der Waals surface area (Å²) in [5, 5.41) is 10.0. The monoisotopic (exact) mass is 448 g/mol. The molecule has 0 radical (unpaired) electrons. The number of aromatic nitrogens is 1. The molecule has 0 unspecified atom stereocenters. The number of rotatable bonds is 9. The first-order valence-electron chi connectivity index (χ1n) is 11.3. The quantitative estimate of drug-likeness (QED) is 0.460. The van der Waals surface area contributed by atoms with E-state index < -0.39 is 5.91 Å². The van der Waals surface area contributed by atoms with Gasteiger partial charge in [0, 0.05) is 23.4 Å². The molecule has 0 saturated heterocycles. The summed E-state index contributed by atoms with van der Waals surface area (Å²) in [4.78, 5) is 16.3. The highest BCUT2D eigenvalue weighted by molar-refractivity contribution is 5.95. The predicted molar refractivity (Wildman–Crippen MR) is 130 cm³/mol. The lowest BCUT2D eigenvalue weighted by Gasteiger charge is -2.20. The number of hydrogen-bond donors (Lipinski definition) is 2. The third-order valence-electron chi connectivity index (χ3n) is 5.53. The summed E-state index contributed by atoms with van der Waals surface area (Å²) in [7, 11) is 0. The van der Waals surface area contributed by atoms with E-state index in [-0.39, 0.29) is 24.0 Å². The van der Waals surface area contributed by atoms with Crippen LogP contribution in [0.2, 0.25) is 0 Å². The number of nitrogens with zero attached hydrogens (tertiary/aromatic N) is 1. The van der Waals surface area contributed by atoms with Crippen LogP contribution in [0.25, 0.3) is 11.3 Å². The molecule has 3 rings (SSSR count). The van der Waals surface area contributed by atoms with Crippen molar-refractivity contribution in [2.45, 2.75) is 60.2 Å². The van der Waals surface area contributed by atoms with Gasteiger partial charge in [0.05, 0.1) is 22.9 Å². The Morgan fingerprint density at radius 1 is 1.09 bits per heavy atom. The van der Waals surface area contributed by atoms with Crippen molar-refractivity contribution < 1.29 is 19.4 Å². The van der Waals surface area contributed by atoms with Gasteiger partial charge in [0.1, 0.15) is 23.9 Å². The normalized spacial score (nSPS) is 11.0. The number of benzene rings is 2. The van der Waals surface area contributed by atoms with Crippen molar-refractivity contribution >= 4 is 5.91 Å². The van der Waals surface area contributed by atoms with Crippen molar-refractivity contribution in [2.75, 3.05) is 0 Å². The minimum atomic E-state index is -0.693. The molecule has 3 aromatic rings. The molecule has 0 aliphatic heterocycles. The zero-order valence-electron chi connectivity index (χ0n) is 19.9. The van der Waals surface area contributed by atoms with E-state index in [0.29, 0.717) is 5.75 Å². The number of ether oxygens (including phenoxy) is 2. The van der Waals surface area contributed by atoms with E-state index in [4.69, 9.17) is 20.2 Å². The Hall–Kier alpha value is -3.54. The highest BCUT2D eigenvalue weighted by Crippen LogP contribution is 2.34. The zero-order valence-corrected chi connectivity index (χ0v) is 19.9. The number of aryl methyl sites for hydroxylation is 3. The van der Waals surface area contributed by atoms with Gasteiger partial charge in [0.15, 0.2) is 0 Å². The number of nitrogens with two attached hydrogens (primary N) is 1. The highest BCUT2D eigenvalue weighted by atomic mass is 16.5. The molecule has 1 aromatic heterocycles. The number of hydrogen-bond acceptors (Lipinski definition) is 5. The Balaban J connectivity index is 2.00. The van der Waals surface area contributed by atoms with Crippen LogP contribution in [0, 0.1) is 6.92 Å². The summed E-state index contributed by atoms with van der Waals surface area (Å²) in [6.07, 6.45) is 1.81. The van der Waals surface area contributed by atoms with Gasteiger partial charge < -0.3 is 20.3 Å². The van der Waals surface area contributed by atoms with Crippen molar-refractivity contribution in [1.82, 2.24) is 4.98 Å². The molecule has 2 aromatic carbocycles. The summed E-state index contributed by atoms with van der Waals surface area (Å²) >= 11 is 0. The number of pyridine rings is 1. The van der Waals surface area contributed by atoms with E-state index in [0.717, 1.165) is 35.5 Å². The SMILES string of the molecule is CCc1cccc(CC)c1-c1cc(OC(C)C)c(COc2ccc(C(N)=O)c(O)c2)c(C)n1. The standard InChI is InChI=1S/C27H32N2O4/c1-6-18-9-8-10-19(7-2)26(18)23-14-25(33-16(3)4)22(17(5)29-23)15-32-20-11-12-21(27(28)31)24(30)13-20/h8-14,16,30H,6-7,15H2,1-5H3,(H2,28,31). The fourth-order valence-corrected chi connectivity index (χ4v) is 3.87. The number of carbonyl (C=O) groups excluding carboxylic acids is 1. The lowest BCUT2D eigenvalue weighted by Crippen LogP contribution is -2.12. The van der Waals surface area contributed by atoms with Gasteiger partial charge in [-0.15, -0.1) is 0 Å². The molecule has 0 aliphatic carbocycles. The van der Waals surface area contributed by atoms with Crippen molar-refractivity contribution in [2.24, 2.45) is 5.73 Å². The van der Waals surface area contributed by atoms with Gasteiger partial charge >= 0.3 is 0 Å². The first-order chi connectivity index (χ1) is 15.7. The van der Waals surface area contributed by atoms with Crippen molar-refractivity contribution in [1.29, 1.82) is 0 Å². The summed E-state index contributed by atoms with van der Waals surface area (Å²) in [5.41, 5.74) is 11.5. The number of aromatic hydroxyl groups is 1. The fourth-order valence-electron chi connectivity index (χ4n) is 3.87. The molecule has 33 heavy (non-hydrogen) atoms. The number of phenols is 1. The Morgan fingerprint density at radius 2 is 1.76 bits per heavy atom. The molecule has 0 fully saturated rings. The van der Waals surface area contributed by atoms with Gasteiger partial charge in [-0.05, 0) is 56.9 Å². The van der Waals surface area contributed by atoms with E-state index in [1.54, 1.807) is 6.07 Å². The molecule has 1 heterocycles. The Kier molecular flexibility index (Phi) is 7.59. The van der Waals surface area contributed by atoms with E-state index >= 15 is 0 Å². The minimum Gasteiger partial charge on any atom is -0.507 e. The van der Waals surface area contributed by atoms with Gasteiger partial charge in [0.25, 0.3) is 5.91 Å². The average molecular weight is 449 g/mol. The van der Waals surface area contributed by atoms with Crippen LogP contribution in [0.3, 0.4) is 0 Å². The summed E-state index contributed by atoms with van der Waals surface area (Å²) in [6.45, 7) is 10.4. The van der Waals surface area contributed by atoms with Crippen molar-refractivity contribution in [3.63, 3.8) is 0 Å². The molecular formula is C27H32N2O4. The van der Waals surface area contributed by atoms with Crippen LogP contribution in [-0.2, 0) is 19.4 Å². The lowest BCUT2D eigenvalue weighted by atomic mass is 9.94. The number of primary amides is 1. The van der Waals surface area contributed by atoms with Crippen LogP contribution < -0.4 is 15.2 Å². The second kappa shape index (κ2) is 10.4. The fraction of sp³-hybridized carbons (Fsp3) is 0.333. The van der Waals surface area contributed by atoms with Crippen molar-refractivity contribution in [3.8, 4) is 28.5 Å². The van der Waals surface area contributed by atoms with Gasteiger partial charge in [0.2, 0.25) is 0 Å². The molecule has 6 heteroatoms. The molecule has 1 amide bonds. The molecule has 0 saturated carbocycles. The van der Waals surface area contributed by atoms with Crippen LogP contribution in [0.1, 0.15) is 60.4 Å². The Labute approximate surface area is 195 Å². The first-order valence-corrected chi connectivity index (χ1v) is 11.3. The summed E-state index contributed by atoms with van der Waals surface area (Å²) < 4.78 is 12.1.